The van der Waals surface area contributed by atoms with Crippen LogP contribution in [0.25, 0.3) is 0 Å². The number of aromatic nitrogens is 2. The van der Waals surface area contributed by atoms with Gasteiger partial charge in [-0.25, -0.2) is 4.79 Å². The normalized spacial score (nSPS) is 13.9. The van der Waals surface area contributed by atoms with E-state index in [-0.39, 0.29) is 12.0 Å². The first-order valence-electron chi connectivity index (χ1n) is 9.19. The van der Waals surface area contributed by atoms with Crippen LogP contribution >= 0.6 is 11.8 Å². The minimum Gasteiger partial charge on any atom is -0.444 e. The van der Waals surface area contributed by atoms with E-state index in [4.69, 9.17) is 9.15 Å². The number of amides is 1. The van der Waals surface area contributed by atoms with Gasteiger partial charge in [-0.2, -0.15) is 0 Å². The summed E-state index contributed by atoms with van der Waals surface area (Å²) in [5.41, 5.74) is 1.86. The van der Waals surface area contributed by atoms with Crippen molar-refractivity contribution in [1.82, 2.24) is 15.5 Å². The van der Waals surface area contributed by atoms with Crippen molar-refractivity contribution in [2.24, 2.45) is 5.92 Å². The van der Waals surface area contributed by atoms with E-state index in [0.29, 0.717) is 11.1 Å². The third-order valence-electron chi connectivity index (χ3n) is 4.06. The summed E-state index contributed by atoms with van der Waals surface area (Å²) >= 11 is 1.48. The molecule has 0 aliphatic rings. The first-order chi connectivity index (χ1) is 12.7. The number of alkyl carbamates (subject to hydrolysis) is 1. The fourth-order valence-corrected chi connectivity index (χ4v) is 3.08. The van der Waals surface area contributed by atoms with E-state index in [1.807, 2.05) is 27.7 Å². The molecule has 148 valence electrons. The molecule has 2 aromatic rings. The summed E-state index contributed by atoms with van der Waals surface area (Å²) in [4.78, 5) is 12.2. The molecule has 0 aliphatic carbocycles. The van der Waals surface area contributed by atoms with E-state index in [1.165, 1.54) is 22.9 Å². The van der Waals surface area contributed by atoms with Crippen molar-refractivity contribution in [3.05, 3.63) is 41.3 Å². The highest BCUT2D eigenvalue weighted by atomic mass is 32.2. The van der Waals surface area contributed by atoms with Gasteiger partial charge in [0, 0.05) is 5.75 Å². The Bertz CT molecular complexity index is 738. The van der Waals surface area contributed by atoms with E-state index in [0.717, 1.165) is 12.2 Å². The molecule has 0 saturated carbocycles. The highest BCUT2D eigenvalue weighted by molar-refractivity contribution is 7.98. The summed E-state index contributed by atoms with van der Waals surface area (Å²) in [6.07, 6.45) is 0.370. The number of carbonyl (C=O) groups is 1. The molecule has 1 aromatic heterocycles. The molecule has 27 heavy (non-hydrogen) atoms. The van der Waals surface area contributed by atoms with Crippen LogP contribution in [0.1, 0.15) is 64.1 Å². The molecule has 1 N–H and O–H groups in total. The predicted octanol–water partition coefficient (Wildman–Crippen LogP) is 5.28. The van der Waals surface area contributed by atoms with E-state index in [1.54, 1.807) is 0 Å². The Morgan fingerprint density at radius 3 is 2.52 bits per heavy atom. The number of hydrogen-bond acceptors (Lipinski definition) is 6. The second-order valence-corrected chi connectivity index (χ2v) is 8.62. The third kappa shape index (κ3) is 6.90. The van der Waals surface area contributed by atoms with Crippen LogP contribution < -0.4 is 5.32 Å². The minimum absolute atomic E-state index is 0.132. The predicted molar refractivity (Wildman–Crippen MR) is 107 cm³/mol. The zero-order valence-electron chi connectivity index (χ0n) is 16.9. The number of thioether (sulfide) groups is 1. The fourth-order valence-electron chi connectivity index (χ4n) is 2.35. The minimum atomic E-state index is -0.562. The maximum Gasteiger partial charge on any atom is 0.408 e. The number of nitrogens with one attached hydrogen (secondary N) is 1. The van der Waals surface area contributed by atoms with Gasteiger partial charge in [-0.15, -0.1) is 10.2 Å². The van der Waals surface area contributed by atoms with Gasteiger partial charge < -0.3 is 14.5 Å². The average Bonchev–Trinajstić information content (AvgIpc) is 3.05. The van der Waals surface area contributed by atoms with Crippen molar-refractivity contribution in [2.45, 2.75) is 70.6 Å². The van der Waals surface area contributed by atoms with Crippen LogP contribution in [0, 0.1) is 12.8 Å². The van der Waals surface area contributed by atoms with Crippen LogP contribution in [0.15, 0.2) is 33.9 Å². The molecule has 0 unspecified atom stereocenters. The third-order valence-corrected chi connectivity index (χ3v) is 4.95. The molecule has 2 rings (SSSR count). The van der Waals surface area contributed by atoms with Crippen molar-refractivity contribution in [3.8, 4) is 0 Å². The fraction of sp³-hybridized carbons (Fsp3) is 0.550. The lowest BCUT2D eigenvalue weighted by Gasteiger charge is -2.24. The van der Waals surface area contributed by atoms with Gasteiger partial charge in [0.15, 0.2) is 0 Å². The van der Waals surface area contributed by atoms with Crippen molar-refractivity contribution in [1.29, 1.82) is 0 Å². The molecule has 0 spiro atoms. The summed E-state index contributed by atoms with van der Waals surface area (Å²) in [7, 11) is 0. The van der Waals surface area contributed by atoms with Gasteiger partial charge in [0.25, 0.3) is 5.22 Å². The number of ether oxygens (including phenoxy) is 1. The Morgan fingerprint density at radius 1 is 1.26 bits per heavy atom. The first-order valence-corrected chi connectivity index (χ1v) is 10.2. The van der Waals surface area contributed by atoms with Crippen LogP contribution in [0.2, 0.25) is 0 Å². The van der Waals surface area contributed by atoms with Crippen LogP contribution in [0.5, 0.6) is 0 Å². The maximum absolute atomic E-state index is 12.2. The Balaban J connectivity index is 2.04. The van der Waals surface area contributed by atoms with Gasteiger partial charge in [0.2, 0.25) is 5.89 Å². The number of hydrogen-bond donors (Lipinski definition) is 1. The van der Waals surface area contributed by atoms with Crippen molar-refractivity contribution >= 4 is 17.9 Å². The van der Waals surface area contributed by atoms with Crippen LogP contribution in [-0.2, 0) is 10.5 Å². The number of rotatable bonds is 7. The summed E-state index contributed by atoms with van der Waals surface area (Å²) in [6, 6.07) is 7.96. The van der Waals surface area contributed by atoms with E-state index in [9.17, 15) is 4.79 Å². The topological polar surface area (TPSA) is 77.2 Å². The second kappa shape index (κ2) is 9.26. The van der Waals surface area contributed by atoms with Crippen LogP contribution in [0.3, 0.4) is 0 Å². The Kier molecular flexibility index (Phi) is 7.30. The van der Waals surface area contributed by atoms with Gasteiger partial charge in [-0.3, -0.25) is 0 Å². The lowest BCUT2D eigenvalue weighted by atomic mass is 9.99. The molecule has 6 nitrogen and oxygen atoms in total. The Hall–Kier alpha value is -2.02. The molecule has 0 bridgehead atoms. The van der Waals surface area contributed by atoms with Crippen LogP contribution in [-0.4, -0.2) is 21.9 Å². The molecule has 0 saturated heterocycles. The molecule has 2 atom stereocenters. The van der Waals surface area contributed by atoms with Gasteiger partial charge in [0.05, 0.1) is 0 Å². The average molecular weight is 392 g/mol. The van der Waals surface area contributed by atoms with Gasteiger partial charge >= 0.3 is 6.09 Å². The van der Waals surface area contributed by atoms with Gasteiger partial charge in [0.1, 0.15) is 11.6 Å². The Labute approximate surface area is 165 Å². The molecule has 7 heteroatoms. The maximum atomic E-state index is 12.2. The number of aryl methyl sites for hydroxylation is 1. The van der Waals surface area contributed by atoms with Crippen molar-refractivity contribution < 1.29 is 13.9 Å². The quantitative estimate of drug-likeness (QED) is 0.647. The second-order valence-electron chi connectivity index (χ2n) is 7.69. The smallest absolute Gasteiger partial charge is 0.408 e. The van der Waals surface area contributed by atoms with E-state index >= 15 is 0 Å². The number of carbonyl (C=O) groups excluding carboxylic acids is 1. The lowest BCUT2D eigenvalue weighted by Crippen LogP contribution is -2.37. The summed E-state index contributed by atoms with van der Waals surface area (Å²) < 4.78 is 11.2. The first kappa shape index (κ1) is 21.3. The lowest BCUT2D eigenvalue weighted by molar-refractivity contribution is 0.0474. The molecule has 1 aromatic carbocycles. The Morgan fingerprint density at radius 2 is 1.93 bits per heavy atom. The molecular weight excluding hydrogens is 362 g/mol. The van der Waals surface area contributed by atoms with E-state index < -0.39 is 11.7 Å². The van der Waals surface area contributed by atoms with Crippen molar-refractivity contribution in [2.75, 3.05) is 0 Å². The number of benzene rings is 1. The zero-order chi connectivity index (χ0) is 20.0. The summed E-state index contributed by atoms with van der Waals surface area (Å²) in [5, 5.41) is 11.6. The SMILES string of the molecule is CC[C@H](C)[C@@H](NC(=O)OC(C)(C)C)c1nnc(SCc2ccc(C)cc2)o1. The molecule has 1 heterocycles. The highest BCUT2D eigenvalue weighted by Gasteiger charge is 2.28. The standard InChI is InChI=1S/C20H29N3O3S/c1-7-14(3)16(21-18(24)26-20(4,5)6)17-22-23-19(25-17)27-12-15-10-8-13(2)9-11-15/h8-11,14,16H,7,12H2,1-6H3,(H,21,24)/t14-,16+/m0/s1. The van der Waals surface area contributed by atoms with Crippen molar-refractivity contribution in [3.63, 3.8) is 0 Å². The number of nitrogens with zero attached hydrogens (tertiary/aromatic N) is 2. The molecule has 0 fully saturated rings. The largest absolute Gasteiger partial charge is 0.444 e. The zero-order valence-corrected chi connectivity index (χ0v) is 17.7. The molecular formula is C20H29N3O3S. The summed E-state index contributed by atoms with van der Waals surface area (Å²) in [6.45, 7) is 11.6. The monoisotopic (exact) mass is 391 g/mol. The molecule has 0 aliphatic heterocycles. The summed E-state index contributed by atoms with van der Waals surface area (Å²) in [5.74, 6) is 1.28. The highest BCUT2D eigenvalue weighted by Crippen LogP contribution is 2.28. The molecule has 0 radical (unpaired) electrons. The van der Waals surface area contributed by atoms with Crippen LogP contribution in [0.4, 0.5) is 4.79 Å². The van der Waals surface area contributed by atoms with E-state index in [2.05, 4.69) is 53.6 Å². The molecule has 1 amide bonds. The van der Waals surface area contributed by atoms with Gasteiger partial charge in [-0.1, -0.05) is 61.9 Å². The van der Waals surface area contributed by atoms with Gasteiger partial charge in [-0.05, 0) is 39.2 Å².